The lowest BCUT2D eigenvalue weighted by Gasteiger charge is -2.26. The lowest BCUT2D eigenvalue weighted by molar-refractivity contribution is -0.123. The van der Waals surface area contributed by atoms with Gasteiger partial charge in [-0.3, -0.25) is 4.79 Å². The molecular weight excluding hydrogens is 312 g/mol. The number of rotatable bonds is 6. The number of hydrogen-bond donors (Lipinski definition) is 2. The Balaban J connectivity index is 0.00000441. The molecule has 1 aromatic rings. The molecule has 0 spiro atoms. The van der Waals surface area contributed by atoms with Crippen molar-refractivity contribution in [1.29, 1.82) is 0 Å². The molecule has 3 N–H and O–H groups in total. The van der Waals surface area contributed by atoms with Gasteiger partial charge in [-0.15, -0.1) is 12.4 Å². The highest BCUT2D eigenvalue weighted by Crippen LogP contribution is 2.23. The molecule has 22 heavy (non-hydrogen) atoms. The molecule has 0 aliphatic rings. The van der Waals surface area contributed by atoms with Gasteiger partial charge in [-0.25, -0.2) is 8.78 Å². The molecule has 0 saturated carbocycles. The fraction of sp³-hybridized carbons (Fsp3) is 0.533. The van der Waals surface area contributed by atoms with Crippen LogP contribution in [-0.4, -0.2) is 37.5 Å². The third-order valence-corrected chi connectivity index (χ3v) is 3.45. The Morgan fingerprint density at radius 2 is 1.77 bits per heavy atom. The summed E-state index contributed by atoms with van der Waals surface area (Å²) in [4.78, 5) is 13.5. The van der Waals surface area contributed by atoms with E-state index >= 15 is 0 Å². The second-order valence-electron chi connectivity index (χ2n) is 5.63. The minimum Gasteiger partial charge on any atom is -0.353 e. The minimum absolute atomic E-state index is 0. The summed E-state index contributed by atoms with van der Waals surface area (Å²) in [5, 5.41) is 2.66. The zero-order chi connectivity index (χ0) is 16.2. The Bertz CT molecular complexity index is 477. The summed E-state index contributed by atoms with van der Waals surface area (Å²) in [6, 6.07) is 2.48. The van der Waals surface area contributed by atoms with Gasteiger partial charge in [0.2, 0.25) is 5.91 Å². The summed E-state index contributed by atoms with van der Waals surface area (Å²) in [5.41, 5.74) is 5.69. The molecule has 1 rings (SSSR count). The summed E-state index contributed by atoms with van der Waals surface area (Å²) in [6.07, 6.45) is 0. The summed E-state index contributed by atoms with van der Waals surface area (Å²) in [5.74, 6) is -1.59. The molecule has 1 amide bonds. The predicted molar refractivity (Wildman–Crippen MR) is 85.9 cm³/mol. The van der Waals surface area contributed by atoms with Crippen molar-refractivity contribution >= 4 is 18.3 Å². The third-order valence-electron chi connectivity index (χ3n) is 3.45. The number of carbonyl (C=O) groups excluding carboxylic acids is 1. The molecule has 0 aromatic heterocycles. The maximum atomic E-state index is 13.9. The van der Waals surface area contributed by atoms with Gasteiger partial charge in [0.1, 0.15) is 11.6 Å². The van der Waals surface area contributed by atoms with E-state index in [0.717, 1.165) is 0 Å². The number of nitrogens with zero attached hydrogens (tertiary/aromatic N) is 1. The van der Waals surface area contributed by atoms with E-state index in [0.29, 0.717) is 0 Å². The molecule has 1 aromatic carbocycles. The number of carbonyl (C=O) groups is 1. The second-order valence-corrected chi connectivity index (χ2v) is 5.63. The van der Waals surface area contributed by atoms with E-state index in [2.05, 4.69) is 5.32 Å². The monoisotopic (exact) mass is 335 g/mol. The first-order valence-corrected chi connectivity index (χ1v) is 6.89. The summed E-state index contributed by atoms with van der Waals surface area (Å²) < 4.78 is 27.7. The van der Waals surface area contributed by atoms with Crippen LogP contribution in [0.2, 0.25) is 0 Å². The number of nitrogens with two attached hydrogens (primary N) is 1. The lowest BCUT2D eigenvalue weighted by atomic mass is 10.0. The van der Waals surface area contributed by atoms with Crippen LogP contribution in [0.3, 0.4) is 0 Å². The van der Waals surface area contributed by atoms with Crippen LogP contribution in [0.25, 0.3) is 0 Å². The lowest BCUT2D eigenvalue weighted by Crippen LogP contribution is -2.46. The van der Waals surface area contributed by atoms with Crippen molar-refractivity contribution in [3.63, 3.8) is 0 Å². The Morgan fingerprint density at radius 1 is 1.27 bits per heavy atom. The van der Waals surface area contributed by atoms with Crippen LogP contribution in [0.1, 0.15) is 25.5 Å². The van der Waals surface area contributed by atoms with Gasteiger partial charge in [0, 0.05) is 12.1 Å². The van der Waals surface area contributed by atoms with Crippen molar-refractivity contribution in [3.8, 4) is 0 Å². The first kappa shape index (κ1) is 20.8. The Labute approximate surface area is 136 Å². The SMILES string of the molecule is CC(C)[C@H](N)C(=O)NCC(c1c(F)cccc1F)N(C)C.Cl. The van der Waals surface area contributed by atoms with Crippen LogP contribution in [0.15, 0.2) is 18.2 Å². The van der Waals surface area contributed by atoms with Crippen LogP contribution >= 0.6 is 12.4 Å². The first-order valence-electron chi connectivity index (χ1n) is 6.89. The topological polar surface area (TPSA) is 58.4 Å². The van der Waals surface area contributed by atoms with E-state index < -0.39 is 23.7 Å². The maximum absolute atomic E-state index is 13.9. The molecule has 7 heteroatoms. The van der Waals surface area contributed by atoms with Crippen LogP contribution in [0.5, 0.6) is 0 Å². The van der Waals surface area contributed by atoms with Crippen molar-refractivity contribution < 1.29 is 13.6 Å². The van der Waals surface area contributed by atoms with Gasteiger partial charge in [0.25, 0.3) is 0 Å². The average molecular weight is 336 g/mol. The Kier molecular flexibility index (Phi) is 8.52. The Hall–Kier alpha value is -1.24. The molecule has 126 valence electrons. The van der Waals surface area contributed by atoms with Gasteiger partial charge in [-0.05, 0) is 32.1 Å². The van der Waals surface area contributed by atoms with Gasteiger partial charge in [0.05, 0.1) is 12.1 Å². The largest absolute Gasteiger partial charge is 0.353 e. The maximum Gasteiger partial charge on any atom is 0.237 e. The summed E-state index contributed by atoms with van der Waals surface area (Å²) >= 11 is 0. The molecule has 4 nitrogen and oxygen atoms in total. The van der Waals surface area contributed by atoms with Crippen molar-refractivity contribution in [3.05, 3.63) is 35.4 Å². The van der Waals surface area contributed by atoms with E-state index in [1.165, 1.54) is 18.2 Å². The van der Waals surface area contributed by atoms with Crippen molar-refractivity contribution in [2.45, 2.75) is 25.9 Å². The van der Waals surface area contributed by atoms with E-state index in [-0.39, 0.29) is 36.3 Å². The zero-order valence-electron chi connectivity index (χ0n) is 13.3. The molecule has 0 bridgehead atoms. The molecular formula is C15H24ClF2N3O. The highest BCUT2D eigenvalue weighted by Gasteiger charge is 2.24. The van der Waals surface area contributed by atoms with E-state index in [1.54, 1.807) is 19.0 Å². The standard InChI is InChI=1S/C15H23F2N3O.ClH/c1-9(2)14(18)15(21)19-8-12(20(3)4)13-10(16)6-5-7-11(13)17;/h5-7,9,12,14H,8,18H2,1-4H3,(H,19,21);1H/t12?,14-;/m0./s1. The third kappa shape index (κ3) is 5.19. The van der Waals surface area contributed by atoms with E-state index in [9.17, 15) is 13.6 Å². The van der Waals surface area contributed by atoms with Gasteiger partial charge in [-0.2, -0.15) is 0 Å². The molecule has 0 aliphatic heterocycles. The van der Waals surface area contributed by atoms with Crippen LogP contribution < -0.4 is 11.1 Å². The summed E-state index contributed by atoms with van der Waals surface area (Å²) in [7, 11) is 3.40. The highest BCUT2D eigenvalue weighted by atomic mass is 35.5. The van der Waals surface area contributed by atoms with Gasteiger partial charge in [-0.1, -0.05) is 19.9 Å². The smallest absolute Gasteiger partial charge is 0.237 e. The zero-order valence-corrected chi connectivity index (χ0v) is 14.1. The van der Waals surface area contributed by atoms with Crippen LogP contribution in [0, 0.1) is 17.6 Å². The number of amides is 1. The normalized spacial score (nSPS) is 13.7. The fourth-order valence-corrected chi connectivity index (χ4v) is 1.99. The van der Waals surface area contributed by atoms with Crippen molar-refractivity contribution in [2.75, 3.05) is 20.6 Å². The van der Waals surface area contributed by atoms with Crippen molar-refractivity contribution in [1.82, 2.24) is 10.2 Å². The number of likely N-dealkylation sites (N-methyl/N-ethyl adjacent to an activating group) is 1. The van der Waals surface area contributed by atoms with Crippen LogP contribution in [-0.2, 0) is 4.79 Å². The first-order chi connectivity index (χ1) is 9.75. The molecule has 0 radical (unpaired) electrons. The number of benzene rings is 1. The number of hydrogen-bond acceptors (Lipinski definition) is 3. The van der Waals surface area contributed by atoms with Crippen LogP contribution in [0.4, 0.5) is 8.78 Å². The Morgan fingerprint density at radius 3 is 2.18 bits per heavy atom. The fourth-order valence-electron chi connectivity index (χ4n) is 1.99. The molecule has 0 saturated heterocycles. The summed E-state index contributed by atoms with van der Waals surface area (Å²) in [6.45, 7) is 3.76. The number of halogens is 3. The predicted octanol–water partition coefficient (Wildman–Crippen LogP) is 2.09. The molecule has 0 heterocycles. The second kappa shape index (κ2) is 9.02. The van der Waals surface area contributed by atoms with Gasteiger partial charge >= 0.3 is 0 Å². The van der Waals surface area contributed by atoms with E-state index in [4.69, 9.17) is 5.73 Å². The molecule has 1 unspecified atom stereocenters. The average Bonchev–Trinajstić information content (AvgIpc) is 2.40. The molecule has 0 fully saturated rings. The van der Waals surface area contributed by atoms with Gasteiger partial charge in [0.15, 0.2) is 0 Å². The minimum atomic E-state index is -0.640. The quantitative estimate of drug-likeness (QED) is 0.837. The van der Waals surface area contributed by atoms with Gasteiger partial charge < -0.3 is 16.0 Å². The molecule has 0 aliphatic carbocycles. The van der Waals surface area contributed by atoms with E-state index in [1.807, 2.05) is 13.8 Å². The highest BCUT2D eigenvalue weighted by molar-refractivity contribution is 5.85. The number of nitrogens with one attached hydrogen (secondary N) is 1. The van der Waals surface area contributed by atoms with Crippen molar-refractivity contribution in [2.24, 2.45) is 11.7 Å². The molecule has 2 atom stereocenters.